The molecule has 4 aromatic rings. The Morgan fingerprint density at radius 2 is 1.49 bits per heavy atom. The van der Waals surface area contributed by atoms with Crippen molar-refractivity contribution in [3.05, 3.63) is 102 Å². The molecule has 43 heavy (non-hydrogen) atoms. The van der Waals surface area contributed by atoms with E-state index in [0.29, 0.717) is 39.4 Å². The van der Waals surface area contributed by atoms with E-state index in [1.807, 2.05) is 36.4 Å². The Balaban J connectivity index is 1.63. The van der Waals surface area contributed by atoms with Crippen LogP contribution < -0.4 is 4.90 Å². The van der Waals surface area contributed by atoms with Gasteiger partial charge in [-0.25, -0.2) is 13.6 Å². The van der Waals surface area contributed by atoms with E-state index in [1.165, 1.54) is 30.7 Å². The Bertz CT molecular complexity index is 1640. The summed E-state index contributed by atoms with van der Waals surface area (Å²) in [4.78, 5) is 14.2. The minimum atomic E-state index is -3.53. The number of para-hydroxylation sites is 1. The Morgan fingerprint density at radius 3 is 2.16 bits per heavy atom. The van der Waals surface area contributed by atoms with E-state index >= 15 is 0 Å². The van der Waals surface area contributed by atoms with Crippen molar-refractivity contribution >= 4 is 28.1 Å². The molecule has 1 fully saturated rings. The maximum Gasteiger partial charge on any atom is 0.338 e. The molecule has 4 aromatic carbocycles. The molecule has 0 saturated heterocycles. The van der Waals surface area contributed by atoms with Gasteiger partial charge < -0.3 is 10.0 Å². The molecule has 0 amide bonds. The third-order valence-corrected chi connectivity index (χ3v) is 10.8. The number of hydrogen-bond acceptors (Lipinski definition) is 5. The van der Waals surface area contributed by atoms with E-state index in [9.17, 15) is 27.8 Å². The number of nitrogens with zero attached hydrogens (tertiary/aromatic N) is 2. The monoisotopic (exact) mass is 604 g/mol. The molecule has 224 valence electrons. The number of carboxylic acids is 1. The molecule has 0 radical (unpaired) electrons. The number of carbonyl (C=O) groups is 1. The first-order valence-corrected chi connectivity index (χ1v) is 16.0. The van der Waals surface area contributed by atoms with Crippen LogP contribution in [0.25, 0.3) is 22.3 Å². The summed E-state index contributed by atoms with van der Waals surface area (Å²) in [5.74, 6) is -2.42. The van der Waals surface area contributed by atoms with Gasteiger partial charge in [0.05, 0.1) is 16.1 Å². The van der Waals surface area contributed by atoms with Crippen molar-refractivity contribution in [1.82, 2.24) is 4.31 Å². The first-order chi connectivity index (χ1) is 20.6. The molecular weight excluding hydrogens is 570 g/mol. The van der Waals surface area contributed by atoms with Crippen LogP contribution in [0.2, 0.25) is 0 Å². The van der Waals surface area contributed by atoms with E-state index in [2.05, 4.69) is 4.90 Å². The largest absolute Gasteiger partial charge is 0.478 e. The molecule has 2 aliphatic rings. The van der Waals surface area contributed by atoms with E-state index in [-0.39, 0.29) is 12.0 Å². The zero-order valence-corrected chi connectivity index (χ0v) is 24.6. The van der Waals surface area contributed by atoms with Crippen molar-refractivity contribution in [2.45, 2.75) is 43.0 Å². The third-order valence-electron chi connectivity index (χ3n) is 8.85. The predicted molar refractivity (Wildman–Crippen MR) is 167 cm³/mol. The molecule has 0 bridgehead atoms. The second-order valence-corrected chi connectivity index (χ2v) is 13.4. The molecule has 1 aliphatic carbocycles. The summed E-state index contributed by atoms with van der Waals surface area (Å²) in [6, 6.07) is 22.9. The number of carboxylic acid groups (broad SMARTS) is 1. The molecule has 1 unspecified atom stereocenters. The van der Waals surface area contributed by atoms with Gasteiger partial charge >= 0.3 is 5.97 Å². The van der Waals surface area contributed by atoms with Gasteiger partial charge in [0.15, 0.2) is 0 Å². The highest BCUT2D eigenvalue weighted by Gasteiger charge is 2.41. The topological polar surface area (TPSA) is 84.2 Å². The molecular formula is C34H34F2N2O4S. The number of hydrogen-bond donors (Lipinski definition) is 3. The van der Waals surface area contributed by atoms with Gasteiger partial charge in [0.2, 0.25) is 0 Å². The molecule has 1 atom stereocenters. The molecule has 0 aromatic heterocycles. The normalized spacial score (nSPS) is 19.8. The fourth-order valence-corrected chi connectivity index (χ4v) is 8.18. The molecule has 6 nitrogen and oxygen atoms in total. The molecule has 1 aliphatic heterocycles. The first-order valence-electron chi connectivity index (χ1n) is 14.5. The first kappa shape index (κ1) is 29.3. The smallest absolute Gasteiger partial charge is 0.338 e. The second-order valence-electron chi connectivity index (χ2n) is 11.3. The van der Waals surface area contributed by atoms with Gasteiger partial charge in [-0.15, -0.1) is 10.8 Å². The summed E-state index contributed by atoms with van der Waals surface area (Å²) >= 11 is 0. The van der Waals surface area contributed by atoms with Crippen LogP contribution in [0.3, 0.4) is 0 Å². The maximum atomic E-state index is 14.5. The third kappa shape index (κ3) is 5.54. The summed E-state index contributed by atoms with van der Waals surface area (Å²) in [7, 11) is -1.76. The summed E-state index contributed by atoms with van der Waals surface area (Å²) in [6.07, 6.45) is 5.38. The number of rotatable bonds is 5. The fraction of sp³-hybridized carbons (Fsp3) is 0.265. The van der Waals surface area contributed by atoms with Crippen LogP contribution in [0.15, 0.2) is 89.8 Å². The number of benzene rings is 4. The SMILES string of the molecule is CN1C(C2CCCCC2)CN(c2ccccc2)c2cc(-c3ccc(F)cc3)c(-c3ccc(F)c(C(=O)O)c3)cc2S1(O)O. The standard InChI is InChI=1S/C34H34F2N2O4S/c1-37-32(23-8-4-2-5-9-23)21-38(26-10-6-3-7-11-26)31-19-27(22-12-15-25(35)16-13-22)28(20-33(31)43(37,41)42)24-14-17-30(36)29(18-24)34(39)40/h3,6-7,10-20,23,32,41-42H,2,4-5,8-9,21H2,1H3,(H,39,40). The van der Waals surface area contributed by atoms with Crippen LogP contribution in [0.5, 0.6) is 0 Å². The average molecular weight is 605 g/mol. The molecule has 9 heteroatoms. The minimum absolute atomic E-state index is 0.153. The lowest BCUT2D eigenvalue weighted by Gasteiger charge is -2.46. The highest BCUT2D eigenvalue weighted by molar-refractivity contribution is 8.22. The van der Waals surface area contributed by atoms with Crippen LogP contribution >= 0.6 is 10.8 Å². The zero-order valence-electron chi connectivity index (χ0n) is 23.8. The highest BCUT2D eigenvalue weighted by atomic mass is 32.3. The lowest BCUT2D eigenvalue weighted by Crippen LogP contribution is -2.45. The number of anilines is 2. The molecule has 0 spiro atoms. The number of fused-ring (bicyclic) bond motifs is 1. The quantitative estimate of drug-likeness (QED) is 0.211. The van der Waals surface area contributed by atoms with E-state index in [4.69, 9.17) is 0 Å². The number of halogens is 2. The van der Waals surface area contributed by atoms with Gasteiger partial charge in [0.25, 0.3) is 0 Å². The van der Waals surface area contributed by atoms with E-state index in [0.717, 1.165) is 37.4 Å². The van der Waals surface area contributed by atoms with Crippen LogP contribution in [0.1, 0.15) is 42.5 Å². The van der Waals surface area contributed by atoms with Crippen molar-refractivity contribution in [2.75, 3.05) is 18.5 Å². The summed E-state index contributed by atoms with van der Waals surface area (Å²) < 4.78 is 54.2. The van der Waals surface area contributed by atoms with Crippen molar-refractivity contribution < 1.29 is 27.8 Å². The van der Waals surface area contributed by atoms with Crippen LogP contribution in [0.4, 0.5) is 20.2 Å². The second kappa shape index (κ2) is 11.7. The van der Waals surface area contributed by atoms with Crippen molar-refractivity contribution in [1.29, 1.82) is 0 Å². The van der Waals surface area contributed by atoms with Gasteiger partial charge in [-0.1, -0.05) is 55.7 Å². The Labute approximate surface area is 251 Å². The molecule has 1 saturated carbocycles. The van der Waals surface area contributed by atoms with Crippen LogP contribution in [0, 0.1) is 17.6 Å². The lowest BCUT2D eigenvalue weighted by atomic mass is 9.83. The van der Waals surface area contributed by atoms with Gasteiger partial charge in [-0.2, -0.15) is 4.31 Å². The van der Waals surface area contributed by atoms with Gasteiger partial charge in [-0.3, -0.25) is 9.11 Å². The zero-order chi connectivity index (χ0) is 30.3. The predicted octanol–water partition coefficient (Wildman–Crippen LogP) is 9.05. The van der Waals surface area contributed by atoms with Crippen LogP contribution in [-0.2, 0) is 0 Å². The fourth-order valence-electron chi connectivity index (χ4n) is 6.52. The molecule has 3 N–H and O–H groups in total. The van der Waals surface area contributed by atoms with Gasteiger partial charge in [0, 0.05) is 25.3 Å². The number of likely N-dealkylation sites (N-methyl/N-ethyl adjacent to an activating group) is 1. The summed E-state index contributed by atoms with van der Waals surface area (Å²) in [5.41, 5.74) is 3.12. The highest BCUT2D eigenvalue weighted by Crippen LogP contribution is 2.61. The van der Waals surface area contributed by atoms with E-state index < -0.39 is 33.9 Å². The summed E-state index contributed by atoms with van der Waals surface area (Å²) in [5, 5.41) is 9.64. The van der Waals surface area contributed by atoms with Gasteiger partial charge in [0.1, 0.15) is 11.6 Å². The Kier molecular flexibility index (Phi) is 8.00. The summed E-state index contributed by atoms with van der Waals surface area (Å²) in [6.45, 7) is 0.524. The van der Waals surface area contributed by atoms with Crippen molar-refractivity contribution in [3.8, 4) is 22.3 Å². The molecule has 1 heterocycles. The molecule has 6 rings (SSSR count). The van der Waals surface area contributed by atoms with Gasteiger partial charge in [-0.05, 0) is 89.5 Å². The number of aromatic carboxylic acids is 1. The Morgan fingerprint density at radius 1 is 0.837 bits per heavy atom. The lowest BCUT2D eigenvalue weighted by molar-refractivity contribution is 0.0692. The Hall–Kier alpha value is -3.76. The van der Waals surface area contributed by atoms with Crippen molar-refractivity contribution in [3.63, 3.8) is 0 Å². The van der Waals surface area contributed by atoms with Crippen LogP contribution in [-0.4, -0.2) is 44.1 Å². The average Bonchev–Trinajstić information content (AvgIpc) is 3.10. The minimum Gasteiger partial charge on any atom is -0.478 e. The van der Waals surface area contributed by atoms with E-state index in [1.54, 1.807) is 29.6 Å². The van der Waals surface area contributed by atoms with Crippen molar-refractivity contribution in [2.24, 2.45) is 5.92 Å². The maximum absolute atomic E-state index is 14.5.